The first-order chi connectivity index (χ1) is 15.8. The lowest BCUT2D eigenvalue weighted by atomic mass is 9.95. The highest BCUT2D eigenvalue weighted by atomic mass is 35.5. The minimum atomic E-state index is -0.528. The first kappa shape index (κ1) is 22.2. The van der Waals surface area contributed by atoms with Gasteiger partial charge in [0.15, 0.2) is 5.82 Å². The summed E-state index contributed by atoms with van der Waals surface area (Å²) in [6.07, 6.45) is 4.62. The van der Waals surface area contributed by atoms with Gasteiger partial charge in [0.2, 0.25) is 11.9 Å². The summed E-state index contributed by atoms with van der Waals surface area (Å²) in [7, 11) is 0. The SMILES string of the molecule is CC(C)(C)C(=O)Nc1ccccc1Nc1nc(Nc2ccc(-n3cncn3)cc2)ncc1Cl. The van der Waals surface area contributed by atoms with Crippen LogP contribution in [0.1, 0.15) is 20.8 Å². The molecule has 0 unspecified atom stereocenters. The van der Waals surface area contributed by atoms with Crippen molar-refractivity contribution in [2.45, 2.75) is 20.8 Å². The standard InChI is InChI=1S/C23H23ClN8O/c1-23(2,3)21(33)30-19-7-5-4-6-18(19)29-20-17(24)12-26-22(31-20)28-15-8-10-16(11-9-15)32-14-25-13-27-32/h4-14H,1-3H3,(H,30,33)(H2,26,28,29,31). The van der Waals surface area contributed by atoms with E-state index in [1.54, 1.807) is 11.0 Å². The second kappa shape index (κ2) is 9.25. The monoisotopic (exact) mass is 462 g/mol. The number of para-hydroxylation sites is 2. The summed E-state index contributed by atoms with van der Waals surface area (Å²) in [5, 5.41) is 13.8. The van der Waals surface area contributed by atoms with Gasteiger partial charge in [0, 0.05) is 11.1 Å². The highest BCUT2D eigenvalue weighted by Gasteiger charge is 2.22. The van der Waals surface area contributed by atoms with Crippen molar-refractivity contribution in [1.29, 1.82) is 0 Å². The molecular weight excluding hydrogens is 440 g/mol. The summed E-state index contributed by atoms with van der Waals surface area (Å²) in [5.41, 5.74) is 2.45. The molecule has 0 spiro atoms. The van der Waals surface area contributed by atoms with E-state index < -0.39 is 5.41 Å². The molecule has 2 aromatic heterocycles. The van der Waals surface area contributed by atoms with Crippen molar-refractivity contribution in [2.75, 3.05) is 16.0 Å². The lowest BCUT2D eigenvalue weighted by molar-refractivity contribution is -0.123. The van der Waals surface area contributed by atoms with Gasteiger partial charge in [-0.05, 0) is 36.4 Å². The molecule has 4 aromatic rings. The molecule has 4 rings (SSSR count). The van der Waals surface area contributed by atoms with Gasteiger partial charge < -0.3 is 16.0 Å². The van der Waals surface area contributed by atoms with Crippen LogP contribution in [0.4, 0.5) is 28.8 Å². The number of aromatic nitrogens is 5. The number of hydrogen-bond donors (Lipinski definition) is 3. The predicted octanol–water partition coefficient (Wildman–Crippen LogP) is 5.18. The van der Waals surface area contributed by atoms with E-state index >= 15 is 0 Å². The lowest BCUT2D eigenvalue weighted by Crippen LogP contribution is -2.27. The van der Waals surface area contributed by atoms with Gasteiger partial charge in [-0.15, -0.1) is 0 Å². The summed E-state index contributed by atoms with van der Waals surface area (Å²) >= 11 is 6.34. The van der Waals surface area contributed by atoms with Crippen molar-refractivity contribution >= 4 is 46.3 Å². The van der Waals surface area contributed by atoms with Crippen molar-refractivity contribution in [3.63, 3.8) is 0 Å². The Balaban J connectivity index is 1.52. The minimum absolute atomic E-state index is 0.0952. The van der Waals surface area contributed by atoms with Gasteiger partial charge in [0.1, 0.15) is 17.7 Å². The molecule has 0 aliphatic rings. The Bertz CT molecular complexity index is 1250. The molecule has 33 heavy (non-hydrogen) atoms. The zero-order valence-corrected chi connectivity index (χ0v) is 19.1. The van der Waals surface area contributed by atoms with Crippen LogP contribution in [0.3, 0.4) is 0 Å². The molecule has 1 amide bonds. The van der Waals surface area contributed by atoms with Gasteiger partial charge in [-0.1, -0.05) is 44.5 Å². The minimum Gasteiger partial charge on any atom is -0.337 e. The Hall–Kier alpha value is -3.98. The zero-order valence-electron chi connectivity index (χ0n) is 18.4. The molecule has 0 atom stereocenters. The van der Waals surface area contributed by atoms with E-state index in [1.807, 2.05) is 69.3 Å². The molecule has 9 nitrogen and oxygen atoms in total. The number of anilines is 5. The van der Waals surface area contributed by atoms with Crippen LogP contribution in [0, 0.1) is 5.41 Å². The van der Waals surface area contributed by atoms with Crippen LogP contribution in [0.15, 0.2) is 67.4 Å². The van der Waals surface area contributed by atoms with Crippen LogP contribution in [0.2, 0.25) is 5.02 Å². The molecule has 0 saturated heterocycles. The summed E-state index contributed by atoms with van der Waals surface area (Å²) in [6.45, 7) is 5.57. The van der Waals surface area contributed by atoms with E-state index in [9.17, 15) is 4.79 Å². The number of nitrogens with one attached hydrogen (secondary N) is 3. The maximum absolute atomic E-state index is 12.5. The number of hydrogen-bond acceptors (Lipinski definition) is 7. The molecule has 0 saturated carbocycles. The van der Waals surface area contributed by atoms with Crippen molar-refractivity contribution in [1.82, 2.24) is 24.7 Å². The first-order valence-corrected chi connectivity index (χ1v) is 10.6. The van der Waals surface area contributed by atoms with Crippen molar-refractivity contribution in [2.24, 2.45) is 5.41 Å². The van der Waals surface area contributed by atoms with Gasteiger partial charge in [-0.3, -0.25) is 4.79 Å². The Labute approximate surface area is 196 Å². The molecule has 0 aliphatic carbocycles. The highest BCUT2D eigenvalue weighted by Crippen LogP contribution is 2.30. The second-order valence-electron chi connectivity index (χ2n) is 8.28. The van der Waals surface area contributed by atoms with E-state index in [0.717, 1.165) is 11.4 Å². The summed E-state index contributed by atoms with van der Waals surface area (Å²) < 4.78 is 1.67. The van der Waals surface area contributed by atoms with Crippen LogP contribution in [0.25, 0.3) is 5.69 Å². The quantitative estimate of drug-likeness (QED) is 0.362. The van der Waals surface area contributed by atoms with Crippen molar-refractivity contribution in [3.8, 4) is 5.69 Å². The second-order valence-corrected chi connectivity index (χ2v) is 8.68. The molecule has 3 N–H and O–H groups in total. The summed E-state index contributed by atoms with van der Waals surface area (Å²) in [5.74, 6) is 0.680. The maximum atomic E-state index is 12.5. The molecule has 168 valence electrons. The molecule has 10 heteroatoms. The fraction of sp³-hybridized carbons (Fsp3) is 0.174. The number of halogens is 1. The molecule has 0 fully saturated rings. The van der Waals surface area contributed by atoms with Crippen LogP contribution in [-0.2, 0) is 4.79 Å². The predicted molar refractivity (Wildman–Crippen MR) is 129 cm³/mol. The molecule has 0 radical (unpaired) electrons. The third-order valence-electron chi connectivity index (χ3n) is 4.66. The average molecular weight is 463 g/mol. The van der Waals surface area contributed by atoms with Crippen molar-refractivity contribution in [3.05, 3.63) is 72.4 Å². The van der Waals surface area contributed by atoms with E-state index in [-0.39, 0.29) is 5.91 Å². The zero-order chi connectivity index (χ0) is 23.4. The van der Waals surface area contributed by atoms with Crippen LogP contribution < -0.4 is 16.0 Å². The van der Waals surface area contributed by atoms with Crippen molar-refractivity contribution < 1.29 is 4.79 Å². The third kappa shape index (κ3) is 5.45. The van der Waals surface area contributed by atoms with E-state index in [2.05, 4.69) is 36.0 Å². The highest BCUT2D eigenvalue weighted by molar-refractivity contribution is 6.33. The van der Waals surface area contributed by atoms with Crippen LogP contribution in [0.5, 0.6) is 0 Å². The smallest absolute Gasteiger partial charge is 0.229 e. The molecule has 0 aliphatic heterocycles. The first-order valence-electron chi connectivity index (χ1n) is 10.2. The summed E-state index contributed by atoms with van der Waals surface area (Å²) in [6, 6.07) is 14.9. The number of benzene rings is 2. The topological polar surface area (TPSA) is 110 Å². The molecule has 0 bridgehead atoms. The summed E-state index contributed by atoms with van der Waals surface area (Å²) in [4.78, 5) is 25.2. The number of amides is 1. The fourth-order valence-electron chi connectivity index (χ4n) is 2.82. The van der Waals surface area contributed by atoms with Gasteiger partial charge in [-0.2, -0.15) is 10.1 Å². The molecule has 2 heterocycles. The normalized spacial score (nSPS) is 11.2. The Morgan fingerprint density at radius 2 is 1.73 bits per heavy atom. The lowest BCUT2D eigenvalue weighted by Gasteiger charge is -2.20. The van der Waals surface area contributed by atoms with E-state index in [0.29, 0.717) is 28.2 Å². The van der Waals surface area contributed by atoms with E-state index in [1.165, 1.54) is 12.5 Å². The molecule has 2 aromatic carbocycles. The maximum Gasteiger partial charge on any atom is 0.229 e. The number of rotatable bonds is 6. The van der Waals surface area contributed by atoms with Gasteiger partial charge in [0.05, 0.1) is 23.3 Å². The van der Waals surface area contributed by atoms with E-state index in [4.69, 9.17) is 11.6 Å². The Kier molecular flexibility index (Phi) is 6.23. The van der Waals surface area contributed by atoms with Gasteiger partial charge in [-0.25, -0.2) is 14.6 Å². The Morgan fingerprint density at radius 3 is 2.39 bits per heavy atom. The van der Waals surface area contributed by atoms with Crippen LogP contribution in [-0.4, -0.2) is 30.6 Å². The molecular formula is C23H23ClN8O. The van der Waals surface area contributed by atoms with Gasteiger partial charge in [0.25, 0.3) is 0 Å². The average Bonchev–Trinajstić information content (AvgIpc) is 3.32. The Morgan fingerprint density at radius 1 is 1.00 bits per heavy atom. The third-order valence-corrected chi connectivity index (χ3v) is 4.94. The van der Waals surface area contributed by atoms with Crippen LogP contribution >= 0.6 is 11.6 Å². The number of carbonyl (C=O) groups is 1. The fourth-order valence-corrected chi connectivity index (χ4v) is 2.96. The number of nitrogens with zero attached hydrogens (tertiary/aromatic N) is 5. The largest absolute Gasteiger partial charge is 0.337 e. The number of carbonyl (C=O) groups excluding carboxylic acids is 1. The van der Waals surface area contributed by atoms with Gasteiger partial charge >= 0.3 is 0 Å².